The summed E-state index contributed by atoms with van der Waals surface area (Å²) in [6, 6.07) is 0.356. The Labute approximate surface area is 73.8 Å². The lowest BCUT2D eigenvalue weighted by Gasteiger charge is -2.07. The van der Waals surface area contributed by atoms with Crippen LogP contribution in [0, 0.1) is 6.92 Å². The molecule has 0 amide bonds. The van der Waals surface area contributed by atoms with E-state index >= 15 is 0 Å². The first-order valence-corrected chi connectivity index (χ1v) is 4.38. The molecule has 0 aliphatic heterocycles. The third-order valence-corrected chi connectivity index (χ3v) is 2.08. The highest BCUT2D eigenvalue weighted by atomic mass is 15.1. The molecule has 1 aromatic heterocycles. The molecule has 0 aliphatic rings. The Morgan fingerprint density at radius 2 is 2.33 bits per heavy atom. The standard InChI is InChI=1S/C9H17N3/c1-5-10-7(2)9-6-12(4)8(3)11-9/h6-7,10H,5H2,1-4H3. The maximum atomic E-state index is 4.43. The van der Waals surface area contributed by atoms with Crippen molar-refractivity contribution in [3.8, 4) is 0 Å². The van der Waals surface area contributed by atoms with Crippen molar-refractivity contribution in [1.29, 1.82) is 0 Å². The molecule has 0 aromatic carbocycles. The number of imidazole rings is 1. The van der Waals surface area contributed by atoms with Gasteiger partial charge < -0.3 is 9.88 Å². The zero-order valence-corrected chi connectivity index (χ0v) is 8.26. The van der Waals surface area contributed by atoms with Crippen LogP contribution in [0.25, 0.3) is 0 Å². The molecule has 0 saturated heterocycles. The predicted octanol–water partition coefficient (Wildman–Crippen LogP) is 1.40. The number of nitrogens with one attached hydrogen (secondary N) is 1. The van der Waals surface area contributed by atoms with Crippen LogP contribution in [-0.2, 0) is 7.05 Å². The van der Waals surface area contributed by atoms with Crippen molar-refractivity contribution in [2.45, 2.75) is 26.8 Å². The maximum absolute atomic E-state index is 4.43. The van der Waals surface area contributed by atoms with Crippen molar-refractivity contribution in [1.82, 2.24) is 14.9 Å². The van der Waals surface area contributed by atoms with Crippen molar-refractivity contribution >= 4 is 0 Å². The summed E-state index contributed by atoms with van der Waals surface area (Å²) in [6.07, 6.45) is 2.07. The summed E-state index contributed by atoms with van der Waals surface area (Å²) in [5.41, 5.74) is 1.12. The molecule has 12 heavy (non-hydrogen) atoms. The van der Waals surface area contributed by atoms with Crippen LogP contribution in [0.1, 0.15) is 31.4 Å². The zero-order valence-electron chi connectivity index (χ0n) is 8.26. The van der Waals surface area contributed by atoms with Gasteiger partial charge in [0.15, 0.2) is 0 Å². The molecule has 0 fully saturated rings. The van der Waals surface area contributed by atoms with Gasteiger partial charge in [-0.2, -0.15) is 0 Å². The molecule has 0 radical (unpaired) electrons. The van der Waals surface area contributed by atoms with Gasteiger partial charge in [-0.25, -0.2) is 4.98 Å². The summed E-state index contributed by atoms with van der Waals surface area (Å²) in [5, 5.41) is 3.33. The molecule has 0 spiro atoms. The number of aromatic nitrogens is 2. The highest BCUT2D eigenvalue weighted by Gasteiger charge is 2.07. The second-order valence-corrected chi connectivity index (χ2v) is 3.10. The topological polar surface area (TPSA) is 29.9 Å². The van der Waals surface area contributed by atoms with E-state index in [-0.39, 0.29) is 0 Å². The number of aryl methyl sites for hydroxylation is 2. The Morgan fingerprint density at radius 1 is 1.67 bits per heavy atom. The Hall–Kier alpha value is -0.830. The van der Waals surface area contributed by atoms with Crippen molar-refractivity contribution in [2.75, 3.05) is 6.54 Å². The molecule has 0 bridgehead atoms. The predicted molar refractivity (Wildman–Crippen MR) is 50.0 cm³/mol. The van der Waals surface area contributed by atoms with Crippen molar-refractivity contribution in [3.63, 3.8) is 0 Å². The molecule has 0 aliphatic carbocycles. The lowest BCUT2D eigenvalue weighted by molar-refractivity contribution is 0.585. The van der Waals surface area contributed by atoms with Crippen molar-refractivity contribution in [3.05, 3.63) is 17.7 Å². The first kappa shape index (κ1) is 9.26. The van der Waals surface area contributed by atoms with Crippen LogP contribution in [0.3, 0.4) is 0 Å². The second kappa shape index (κ2) is 3.72. The van der Waals surface area contributed by atoms with E-state index in [0.29, 0.717) is 6.04 Å². The van der Waals surface area contributed by atoms with Crippen LogP contribution < -0.4 is 5.32 Å². The van der Waals surface area contributed by atoms with Gasteiger partial charge >= 0.3 is 0 Å². The van der Waals surface area contributed by atoms with E-state index in [0.717, 1.165) is 18.1 Å². The maximum Gasteiger partial charge on any atom is 0.105 e. The zero-order chi connectivity index (χ0) is 9.14. The monoisotopic (exact) mass is 167 g/mol. The number of nitrogens with zero attached hydrogens (tertiary/aromatic N) is 2. The Kier molecular flexibility index (Phi) is 2.87. The van der Waals surface area contributed by atoms with Gasteiger partial charge in [-0.15, -0.1) is 0 Å². The van der Waals surface area contributed by atoms with Crippen LogP contribution in [0.15, 0.2) is 6.20 Å². The average molecular weight is 167 g/mol. The minimum absolute atomic E-state index is 0.356. The lowest BCUT2D eigenvalue weighted by atomic mass is 10.2. The highest BCUT2D eigenvalue weighted by molar-refractivity contribution is 5.06. The summed E-state index contributed by atoms with van der Waals surface area (Å²) < 4.78 is 2.04. The van der Waals surface area contributed by atoms with E-state index in [1.54, 1.807) is 0 Å². The number of rotatable bonds is 3. The lowest BCUT2D eigenvalue weighted by Crippen LogP contribution is -2.17. The molecule has 1 rings (SSSR count). The second-order valence-electron chi connectivity index (χ2n) is 3.10. The number of hydrogen-bond donors (Lipinski definition) is 1. The van der Waals surface area contributed by atoms with E-state index in [1.807, 2.05) is 18.5 Å². The van der Waals surface area contributed by atoms with Gasteiger partial charge in [-0.05, 0) is 20.4 Å². The van der Waals surface area contributed by atoms with Crippen molar-refractivity contribution < 1.29 is 0 Å². The summed E-state index contributed by atoms with van der Waals surface area (Å²) in [7, 11) is 2.02. The Balaban J connectivity index is 2.74. The van der Waals surface area contributed by atoms with Gasteiger partial charge in [-0.1, -0.05) is 6.92 Å². The first-order chi connectivity index (χ1) is 5.65. The van der Waals surface area contributed by atoms with Crippen LogP contribution in [0.4, 0.5) is 0 Å². The minimum Gasteiger partial charge on any atom is -0.338 e. The Morgan fingerprint density at radius 3 is 2.75 bits per heavy atom. The molecule has 1 N–H and O–H groups in total. The fourth-order valence-electron chi connectivity index (χ4n) is 1.21. The molecule has 3 heteroatoms. The summed E-state index contributed by atoms with van der Waals surface area (Å²) in [4.78, 5) is 4.43. The van der Waals surface area contributed by atoms with E-state index in [4.69, 9.17) is 0 Å². The third kappa shape index (κ3) is 1.85. The molecule has 0 saturated carbocycles. The van der Waals surface area contributed by atoms with Gasteiger partial charge in [0.1, 0.15) is 5.82 Å². The van der Waals surface area contributed by atoms with Crippen molar-refractivity contribution in [2.24, 2.45) is 7.05 Å². The molecule has 1 unspecified atom stereocenters. The summed E-state index contributed by atoms with van der Waals surface area (Å²) >= 11 is 0. The van der Waals surface area contributed by atoms with E-state index in [1.165, 1.54) is 0 Å². The van der Waals surface area contributed by atoms with E-state index in [9.17, 15) is 0 Å². The van der Waals surface area contributed by atoms with Gasteiger partial charge in [0.2, 0.25) is 0 Å². The third-order valence-electron chi connectivity index (χ3n) is 2.08. The molecule has 3 nitrogen and oxygen atoms in total. The first-order valence-electron chi connectivity index (χ1n) is 4.38. The van der Waals surface area contributed by atoms with Gasteiger partial charge in [0.05, 0.1) is 5.69 Å². The minimum atomic E-state index is 0.356. The van der Waals surface area contributed by atoms with Gasteiger partial charge in [0, 0.05) is 19.3 Å². The molecular formula is C9H17N3. The molecule has 68 valence electrons. The van der Waals surface area contributed by atoms with E-state index in [2.05, 4.69) is 30.3 Å². The molecular weight excluding hydrogens is 150 g/mol. The molecule has 1 heterocycles. The molecule has 1 aromatic rings. The van der Waals surface area contributed by atoms with Gasteiger partial charge in [0.25, 0.3) is 0 Å². The van der Waals surface area contributed by atoms with Crippen LogP contribution in [-0.4, -0.2) is 16.1 Å². The fraction of sp³-hybridized carbons (Fsp3) is 0.667. The average Bonchev–Trinajstić information content (AvgIpc) is 2.33. The smallest absolute Gasteiger partial charge is 0.105 e. The Bertz CT molecular complexity index is 233. The summed E-state index contributed by atoms with van der Waals surface area (Å²) in [5.74, 6) is 1.06. The SMILES string of the molecule is CCNC(C)c1cn(C)c(C)n1. The molecule has 1 atom stereocenters. The largest absolute Gasteiger partial charge is 0.338 e. The number of hydrogen-bond acceptors (Lipinski definition) is 2. The highest BCUT2D eigenvalue weighted by Crippen LogP contribution is 2.09. The van der Waals surface area contributed by atoms with Crippen LogP contribution in [0.2, 0.25) is 0 Å². The summed E-state index contributed by atoms with van der Waals surface area (Å²) in [6.45, 7) is 7.23. The van der Waals surface area contributed by atoms with Crippen LogP contribution in [0.5, 0.6) is 0 Å². The van der Waals surface area contributed by atoms with E-state index < -0.39 is 0 Å². The fourth-order valence-corrected chi connectivity index (χ4v) is 1.21. The van der Waals surface area contributed by atoms with Crippen LogP contribution >= 0.6 is 0 Å². The van der Waals surface area contributed by atoms with Gasteiger partial charge in [-0.3, -0.25) is 0 Å². The normalized spacial score (nSPS) is 13.3. The quantitative estimate of drug-likeness (QED) is 0.737.